The van der Waals surface area contributed by atoms with Crippen LogP contribution in [-0.2, 0) is 4.57 Å². The van der Waals surface area contributed by atoms with Gasteiger partial charge in [-0.05, 0) is 131 Å². The summed E-state index contributed by atoms with van der Waals surface area (Å²) < 4.78 is 19.9. The molecule has 1 aliphatic heterocycles. The summed E-state index contributed by atoms with van der Waals surface area (Å²) in [4.78, 5) is 11.6. The molecule has 0 spiro atoms. The molecule has 1 fully saturated rings. The molecule has 7 nitrogen and oxygen atoms in total. The normalized spacial score (nSPS) is 15.1. The number of rotatable bonds is 8. The molecule has 0 radical (unpaired) electrons. The molecule has 2 aromatic carbocycles. The molecular formula is C29H39BrN5O2P. The van der Waals surface area contributed by atoms with Crippen LogP contribution in [-0.4, -0.2) is 54.4 Å². The van der Waals surface area contributed by atoms with Gasteiger partial charge in [0.05, 0.1) is 22.0 Å². The van der Waals surface area contributed by atoms with E-state index in [0.29, 0.717) is 22.2 Å². The highest BCUT2D eigenvalue weighted by Gasteiger charge is 2.23. The number of ether oxygens (including phenoxy) is 1. The molecule has 1 aromatic heterocycles. The highest BCUT2D eigenvalue weighted by molar-refractivity contribution is 9.10. The number of hydrogen-bond acceptors (Lipinski definition) is 7. The van der Waals surface area contributed by atoms with Crippen LogP contribution < -0.4 is 20.7 Å². The summed E-state index contributed by atoms with van der Waals surface area (Å²) >= 11 is 3.57. The monoisotopic (exact) mass is 599 g/mol. The first-order valence-electron chi connectivity index (χ1n) is 13.1. The van der Waals surface area contributed by atoms with E-state index < -0.39 is 7.14 Å². The quantitative estimate of drug-likeness (QED) is 0.265. The molecule has 204 valence electrons. The number of benzene rings is 2. The molecule has 0 atom stereocenters. The summed E-state index contributed by atoms with van der Waals surface area (Å²) in [5.41, 5.74) is 5.27. The van der Waals surface area contributed by atoms with Gasteiger partial charge in [0.15, 0.2) is 0 Å². The fraction of sp³-hybridized carbons (Fsp3) is 0.448. The topological polar surface area (TPSA) is 79.4 Å². The number of nitrogens with zero attached hydrogens (tertiary/aromatic N) is 3. The van der Waals surface area contributed by atoms with Crippen molar-refractivity contribution in [2.75, 3.05) is 44.1 Å². The lowest BCUT2D eigenvalue weighted by molar-refractivity contribution is 0.241. The van der Waals surface area contributed by atoms with Gasteiger partial charge in [-0.1, -0.05) is 11.6 Å². The summed E-state index contributed by atoms with van der Waals surface area (Å²) in [5.74, 6) is 2.37. The Morgan fingerprint density at radius 2 is 1.79 bits per heavy atom. The maximum Gasteiger partial charge on any atom is 0.229 e. The van der Waals surface area contributed by atoms with Gasteiger partial charge in [0.25, 0.3) is 0 Å². The molecule has 4 rings (SSSR count). The first-order valence-corrected chi connectivity index (χ1v) is 16.5. The minimum absolute atomic E-state index is 0.0328. The van der Waals surface area contributed by atoms with Crippen LogP contribution in [0.1, 0.15) is 49.3 Å². The SMILES string of the molecule is Cc1ccc(Nc2nc(Nc3cc(C)c(C4CCN(C)CC4)cc3OC(C)C)ncc2Br)c(P(C)(C)=O)c1. The van der Waals surface area contributed by atoms with Gasteiger partial charge in [0.1, 0.15) is 18.7 Å². The van der Waals surface area contributed by atoms with Gasteiger partial charge in [0.2, 0.25) is 5.95 Å². The van der Waals surface area contributed by atoms with E-state index in [1.165, 1.54) is 11.1 Å². The predicted molar refractivity (Wildman–Crippen MR) is 163 cm³/mol. The minimum Gasteiger partial charge on any atom is -0.489 e. The zero-order valence-corrected chi connectivity index (χ0v) is 25.9. The molecule has 1 saturated heterocycles. The lowest BCUT2D eigenvalue weighted by Gasteiger charge is -2.30. The Morgan fingerprint density at radius 1 is 1.08 bits per heavy atom. The van der Waals surface area contributed by atoms with Gasteiger partial charge in [-0.15, -0.1) is 0 Å². The van der Waals surface area contributed by atoms with Crippen LogP contribution in [0.25, 0.3) is 0 Å². The first-order chi connectivity index (χ1) is 17.9. The molecular weight excluding hydrogens is 561 g/mol. The van der Waals surface area contributed by atoms with Crippen LogP contribution in [0, 0.1) is 13.8 Å². The molecule has 0 bridgehead atoms. The second kappa shape index (κ2) is 11.8. The Morgan fingerprint density at radius 3 is 2.45 bits per heavy atom. The average Bonchev–Trinajstić information content (AvgIpc) is 2.83. The fourth-order valence-electron chi connectivity index (χ4n) is 4.87. The maximum atomic E-state index is 13.0. The van der Waals surface area contributed by atoms with Crippen molar-refractivity contribution >= 4 is 51.5 Å². The molecule has 1 aliphatic rings. The third kappa shape index (κ3) is 6.96. The molecule has 38 heavy (non-hydrogen) atoms. The smallest absolute Gasteiger partial charge is 0.229 e. The van der Waals surface area contributed by atoms with Crippen LogP contribution in [0.2, 0.25) is 0 Å². The van der Waals surface area contributed by atoms with Crippen LogP contribution in [0.4, 0.5) is 23.1 Å². The van der Waals surface area contributed by atoms with E-state index in [2.05, 4.69) is 62.6 Å². The van der Waals surface area contributed by atoms with E-state index >= 15 is 0 Å². The van der Waals surface area contributed by atoms with E-state index in [4.69, 9.17) is 9.72 Å². The van der Waals surface area contributed by atoms with Crippen molar-refractivity contribution in [2.45, 2.75) is 52.6 Å². The van der Waals surface area contributed by atoms with E-state index in [0.717, 1.165) is 53.9 Å². The number of aryl methyl sites for hydroxylation is 2. The van der Waals surface area contributed by atoms with Gasteiger partial charge in [0, 0.05) is 11.5 Å². The minimum atomic E-state index is -2.50. The fourth-order valence-corrected chi connectivity index (χ4v) is 6.38. The predicted octanol–water partition coefficient (Wildman–Crippen LogP) is 7.19. The van der Waals surface area contributed by atoms with Crippen LogP contribution in [0.15, 0.2) is 41.0 Å². The Labute approximate surface area is 235 Å². The van der Waals surface area contributed by atoms with Gasteiger partial charge in [-0.3, -0.25) is 0 Å². The Balaban J connectivity index is 1.65. The standard InChI is InChI=1S/C29H39BrN5O2P/c1-18(2)37-26-16-22(21-10-12-35(5)13-11-21)20(4)15-25(26)33-29-31-17-23(30)28(34-29)32-24-9-8-19(3)14-27(24)38(6,7)36/h8-9,14-18,21H,10-13H2,1-7H3,(H2,31,32,33,34). The highest BCUT2D eigenvalue weighted by atomic mass is 79.9. The van der Waals surface area contributed by atoms with E-state index in [-0.39, 0.29) is 6.10 Å². The van der Waals surface area contributed by atoms with Crippen molar-refractivity contribution in [2.24, 2.45) is 0 Å². The molecule has 0 aliphatic carbocycles. The molecule has 3 aromatic rings. The van der Waals surface area contributed by atoms with Crippen molar-refractivity contribution in [1.29, 1.82) is 0 Å². The van der Waals surface area contributed by atoms with Crippen molar-refractivity contribution in [3.8, 4) is 5.75 Å². The van der Waals surface area contributed by atoms with E-state index in [1.54, 1.807) is 19.5 Å². The lowest BCUT2D eigenvalue weighted by atomic mass is 9.86. The highest BCUT2D eigenvalue weighted by Crippen LogP contribution is 2.40. The number of likely N-dealkylation sites (tertiary alicyclic amines) is 1. The van der Waals surface area contributed by atoms with Gasteiger partial charge < -0.3 is 24.8 Å². The molecule has 0 saturated carbocycles. The Kier molecular flexibility index (Phi) is 8.85. The number of nitrogens with one attached hydrogen (secondary N) is 2. The van der Waals surface area contributed by atoms with Crippen LogP contribution >= 0.6 is 23.1 Å². The number of hydrogen-bond donors (Lipinski definition) is 2. The summed E-state index contributed by atoms with van der Waals surface area (Å²) in [6.07, 6.45) is 4.05. The zero-order chi connectivity index (χ0) is 27.6. The van der Waals surface area contributed by atoms with Gasteiger partial charge in [-0.2, -0.15) is 4.98 Å². The van der Waals surface area contributed by atoms with Crippen LogP contribution in [0.5, 0.6) is 5.75 Å². The summed E-state index contributed by atoms with van der Waals surface area (Å²) in [6.45, 7) is 14.0. The number of piperidine rings is 1. The average molecular weight is 601 g/mol. The summed E-state index contributed by atoms with van der Waals surface area (Å²) in [5, 5.41) is 7.56. The zero-order valence-electron chi connectivity index (χ0n) is 23.4. The Bertz CT molecular complexity index is 1350. The number of anilines is 4. The van der Waals surface area contributed by atoms with Gasteiger partial charge >= 0.3 is 0 Å². The summed E-state index contributed by atoms with van der Waals surface area (Å²) in [7, 11) is -0.315. The van der Waals surface area contributed by atoms with Gasteiger partial charge in [-0.25, -0.2) is 4.98 Å². The maximum absolute atomic E-state index is 13.0. The molecule has 2 N–H and O–H groups in total. The van der Waals surface area contributed by atoms with Crippen LogP contribution in [0.3, 0.4) is 0 Å². The number of aromatic nitrogens is 2. The van der Waals surface area contributed by atoms with Crippen molar-refractivity contribution in [1.82, 2.24) is 14.9 Å². The number of halogens is 1. The third-order valence-corrected chi connectivity index (χ3v) is 8.98. The summed E-state index contributed by atoms with van der Waals surface area (Å²) in [6, 6.07) is 10.3. The first kappa shape index (κ1) is 28.6. The van der Waals surface area contributed by atoms with Crippen molar-refractivity contribution in [3.05, 3.63) is 57.7 Å². The molecule has 0 unspecified atom stereocenters. The lowest BCUT2D eigenvalue weighted by Crippen LogP contribution is -2.29. The van der Waals surface area contributed by atoms with Crippen molar-refractivity contribution < 1.29 is 9.30 Å². The second-order valence-corrected chi connectivity index (χ2v) is 15.0. The third-order valence-electron chi connectivity index (χ3n) is 6.87. The van der Waals surface area contributed by atoms with E-state index in [9.17, 15) is 4.57 Å². The largest absolute Gasteiger partial charge is 0.489 e. The van der Waals surface area contributed by atoms with E-state index in [1.807, 2.05) is 39.0 Å². The Hall–Kier alpha value is -2.41. The second-order valence-electron chi connectivity index (χ2n) is 11.0. The molecule has 9 heteroatoms. The molecule has 0 amide bonds. The van der Waals surface area contributed by atoms with Crippen molar-refractivity contribution in [3.63, 3.8) is 0 Å². The molecule has 2 heterocycles.